The lowest BCUT2D eigenvalue weighted by Crippen LogP contribution is -2.19. The first-order chi connectivity index (χ1) is 10.4. The highest BCUT2D eigenvalue weighted by molar-refractivity contribution is 14.1. The third kappa shape index (κ3) is 3.88. The van der Waals surface area contributed by atoms with Gasteiger partial charge in [0.2, 0.25) is 0 Å². The van der Waals surface area contributed by atoms with E-state index in [1.54, 1.807) is 0 Å². The highest BCUT2D eigenvalue weighted by atomic mass is 127. The number of benzene rings is 1. The van der Waals surface area contributed by atoms with E-state index in [4.69, 9.17) is 9.47 Å². The molecule has 2 atom stereocenters. The minimum atomic E-state index is -0.838. The summed E-state index contributed by atoms with van der Waals surface area (Å²) in [6.45, 7) is 0.246. The molecule has 0 unspecified atom stereocenters. The molecule has 1 aromatic rings. The van der Waals surface area contributed by atoms with Crippen LogP contribution in [0.1, 0.15) is 16.8 Å². The molecule has 0 N–H and O–H groups in total. The van der Waals surface area contributed by atoms with Crippen LogP contribution < -0.4 is 0 Å². The number of alkyl halides is 1. The van der Waals surface area contributed by atoms with Gasteiger partial charge in [0, 0.05) is 23.0 Å². The first-order valence-corrected chi connectivity index (χ1v) is 7.75. The number of ether oxygens (including phenoxy) is 2. The molecule has 0 saturated carbocycles. The predicted molar refractivity (Wildman–Crippen MR) is 82.2 cm³/mol. The summed E-state index contributed by atoms with van der Waals surface area (Å²) < 4.78 is 11.3. The van der Waals surface area contributed by atoms with Crippen LogP contribution in [0.25, 0.3) is 0 Å². The number of hydrogen-bond donors (Lipinski definition) is 0. The van der Waals surface area contributed by atoms with Gasteiger partial charge in [-0.3, -0.25) is 20.2 Å². The highest BCUT2D eigenvalue weighted by Crippen LogP contribution is 2.25. The third-order valence-corrected chi connectivity index (χ3v) is 4.03. The van der Waals surface area contributed by atoms with E-state index in [9.17, 15) is 25.0 Å². The fraction of sp³-hybridized carbons (Fsp3) is 0.417. The summed E-state index contributed by atoms with van der Waals surface area (Å²) in [5, 5.41) is 21.6. The second kappa shape index (κ2) is 6.96. The van der Waals surface area contributed by atoms with Gasteiger partial charge in [0.25, 0.3) is 11.4 Å². The molecule has 2 rings (SSSR count). The van der Waals surface area contributed by atoms with E-state index in [-0.39, 0.29) is 18.3 Å². The summed E-state index contributed by atoms with van der Waals surface area (Å²) in [4.78, 5) is 32.0. The van der Waals surface area contributed by atoms with Crippen LogP contribution in [0.5, 0.6) is 0 Å². The molecule has 22 heavy (non-hydrogen) atoms. The number of carbonyl (C=O) groups is 1. The monoisotopic (exact) mass is 422 g/mol. The van der Waals surface area contributed by atoms with Gasteiger partial charge in [-0.15, -0.1) is 0 Å². The van der Waals surface area contributed by atoms with Crippen molar-refractivity contribution >= 4 is 39.9 Å². The Morgan fingerprint density at radius 2 is 1.86 bits per heavy atom. The van der Waals surface area contributed by atoms with Crippen molar-refractivity contribution in [2.45, 2.75) is 18.6 Å². The second-order valence-electron chi connectivity index (χ2n) is 4.62. The summed E-state index contributed by atoms with van der Waals surface area (Å²) in [6.07, 6.45) is 0.0783. The Balaban J connectivity index is 2.18. The van der Waals surface area contributed by atoms with E-state index in [1.165, 1.54) is 0 Å². The number of nitro benzene ring substituents is 2. The molecular formula is C12H11IN2O7. The van der Waals surface area contributed by atoms with Crippen LogP contribution >= 0.6 is 22.6 Å². The van der Waals surface area contributed by atoms with E-state index in [1.807, 2.05) is 0 Å². The Hall–Kier alpha value is -1.82. The average molecular weight is 422 g/mol. The zero-order valence-electron chi connectivity index (χ0n) is 11.1. The molecule has 0 spiro atoms. The minimum absolute atomic E-state index is 0.00199. The Bertz CT molecular complexity index is 589. The van der Waals surface area contributed by atoms with Gasteiger partial charge in [-0.2, -0.15) is 0 Å². The van der Waals surface area contributed by atoms with Crippen molar-refractivity contribution in [1.29, 1.82) is 0 Å². The van der Waals surface area contributed by atoms with Crippen LogP contribution in [0.3, 0.4) is 0 Å². The Labute approximate surface area is 138 Å². The van der Waals surface area contributed by atoms with Crippen molar-refractivity contribution in [1.82, 2.24) is 0 Å². The largest absolute Gasteiger partial charge is 0.456 e. The normalized spacial score (nSPS) is 20.6. The van der Waals surface area contributed by atoms with Crippen molar-refractivity contribution < 1.29 is 24.1 Å². The summed E-state index contributed by atoms with van der Waals surface area (Å²) >= 11 is 2.15. The molecule has 0 radical (unpaired) electrons. The summed E-state index contributed by atoms with van der Waals surface area (Å²) in [5.74, 6) is -0.838. The van der Waals surface area contributed by atoms with Crippen LogP contribution in [0.2, 0.25) is 0 Å². The molecule has 1 aliphatic heterocycles. The minimum Gasteiger partial charge on any atom is -0.456 e. The van der Waals surface area contributed by atoms with Gasteiger partial charge in [-0.25, -0.2) is 4.79 Å². The average Bonchev–Trinajstić information content (AvgIpc) is 2.94. The zero-order valence-corrected chi connectivity index (χ0v) is 13.3. The van der Waals surface area contributed by atoms with Gasteiger partial charge in [-0.1, -0.05) is 22.6 Å². The molecule has 0 aromatic heterocycles. The lowest BCUT2D eigenvalue weighted by molar-refractivity contribution is -0.394. The molecular weight excluding hydrogens is 411 g/mol. The number of nitro groups is 2. The quantitative estimate of drug-likeness (QED) is 0.235. The lowest BCUT2D eigenvalue weighted by Gasteiger charge is -2.10. The summed E-state index contributed by atoms with van der Waals surface area (Å²) in [7, 11) is 0. The van der Waals surface area contributed by atoms with Gasteiger partial charge in [0.05, 0.1) is 34.2 Å². The molecule has 9 nitrogen and oxygen atoms in total. The lowest BCUT2D eigenvalue weighted by atomic mass is 10.1. The number of halogens is 1. The number of non-ortho nitro benzene ring substituents is 2. The van der Waals surface area contributed by atoms with Crippen LogP contribution in [-0.2, 0) is 9.47 Å². The number of hydrogen-bond acceptors (Lipinski definition) is 7. The first kappa shape index (κ1) is 16.5. The molecule has 0 amide bonds. The molecule has 1 fully saturated rings. The van der Waals surface area contributed by atoms with Crippen LogP contribution in [0.4, 0.5) is 11.4 Å². The van der Waals surface area contributed by atoms with Gasteiger partial charge in [0.15, 0.2) is 0 Å². The maximum Gasteiger partial charge on any atom is 0.338 e. The van der Waals surface area contributed by atoms with E-state index in [0.717, 1.165) is 22.6 Å². The topological polar surface area (TPSA) is 122 Å². The maximum atomic E-state index is 12.0. The summed E-state index contributed by atoms with van der Waals surface area (Å²) in [5.41, 5.74) is -1.29. The van der Waals surface area contributed by atoms with E-state index in [2.05, 4.69) is 22.6 Å². The van der Waals surface area contributed by atoms with Gasteiger partial charge >= 0.3 is 5.97 Å². The Morgan fingerprint density at radius 1 is 1.27 bits per heavy atom. The maximum absolute atomic E-state index is 12.0. The van der Waals surface area contributed by atoms with Crippen molar-refractivity contribution in [2.24, 2.45) is 0 Å². The Morgan fingerprint density at radius 3 is 2.32 bits per heavy atom. The molecule has 1 heterocycles. The van der Waals surface area contributed by atoms with Crippen molar-refractivity contribution in [3.63, 3.8) is 0 Å². The van der Waals surface area contributed by atoms with Crippen LogP contribution in [0, 0.1) is 20.2 Å². The molecule has 0 bridgehead atoms. The smallest absolute Gasteiger partial charge is 0.338 e. The second-order valence-corrected chi connectivity index (χ2v) is 5.51. The molecule has 1 aliphatic rings. The standard InChI is InChI=1S/C12H11IN2O7/c13-5-10-4-11(6-21-10)22-12(16)7-1-8(14(17)18)3-9(2-7)15(19)20/h1-3,10-11H,4-6H2/t10-,11+/m0/s1. The number of nitrogens with zero attached hydrogens (tertiary/aromatic N) is 2. The number of carbonyl (C=O) groups excluding carboxylic acids is 1. The van der Waals surface area contributed by atoms with Crippen molar-refractivity contribution in [3.8, 4) is 0 Å². The van der Waals surface area contributed by atoms with Gasteiger partial charge in [-0.05, 0) is 0 Å². The fourth-order valence-corrected chi connectivity index (χ4v) is 2.62. The van der Waals surface area contributed by atoms with Crippen LogP contribution in [0.15, 0.2) is 18.2 Å². The summed E-state index contributed by atoms with van der Waals surface area (Å²) in [6, 6.07) is 2.71. The van der Waals surface area contributed by atoms with Crippen molar-refractivity contribution in [3.05, 3.63) is 44.0 Å². The fourth-order valence-electron chi connectivity index (χ4n) is 2.01. The van der Waals surface area contributed by atoms with Gasteiger partial charge in [0.1, 0.15) is 6.10 Å². The van der Waals surface area contributed by atoms with E-state index in [0.29, 0.717) is 6.42 Å². The SMILES string of the molecule is O=C(O[C@H]1CO[C@H](CI)C1)c1cc([N+](=O)[O-])cc([N+](=O)[O-])c1. The number of esters is 1. The highest BCUT2D eigenvalue weighted by Gasteiger charge is 2.29. The molecule has 1 aromatic carbocycles. The van der Waals surface area contributed by atoms with Gasteiger partial charge < -0.3 is 9.47 Å². The first-order valence-electron chi connectivity index (χ1n) is 6.23. The molecule has 118 valence electrons. The van der Waals surface area contributed by atoms with Crippen molar-refractivity contribution in [2.75, 3.05) is 11.0 Å². The number of rotatable bonds is 5. The van der Waals surface area contributed by atoms with E-state index >= 15 is 0 Å². The zero-order chi connectivity index (χ0) is 16.3. The molecule has 10 heteroatoms. The predicted octanol–water partition coefficient (Wildman–Crippen LogP) is 2.25. The molecule has 1 saturated heterocycles. The third-order valence-electron chi connectivity index (χ3n) is 3.05. The molecule has 0 aliphatic carbocycles. The van der Waals surface area contributed by atoms with Crippen LogP contribution in [-0.4, -0.2) is 39.1 Å². The van der Waals surface area contributed by atoms with E-state index < -0.39 is 33.3 Å². The Kier molecular flexibility index (Phi) is 5.24.